The number of hydrogen-bond acceptors (Lipinski definition) is 2. The van der Waals surface area contributed by atoms with Crippen molar-refractivity contribution in [2.24, 2.45) is 0 Å². The zero-order chi connectivity index (χ0) is 12.3. The van der Waals surface area contributed by atoms with Crippen LogP contribution < -0.4 is 0 Å². The van der Waals surface area contributed by atoms with E-state index in [9.17, 15) is 10.2 Å². The van der Waals surface area contributed by atoms with Gasteiger partial charge in [0.1, 0.15) is 11.5 Å². The summed E-state index contributed by atoms with van der Waals surface area (Å²) in [7, 11) is 0. The summed E-state index contributed by atoms with van der Waals surface area (Å²) in [5.74, 6) is 0.580. The molecule has 0 fully saturated rings. The van der Waals surface area contributed by atoms with Gasteiger partial charge in [-0.2, -0.15) is 0 Å². The summed E-state index contributed by atoms with van der Waals surface area (Å²) in [6, 6.07) is 14.9. The summed E-state index contributed by atoms with van der Waals surface area (Å²) >= 11 is 0. The highest BCUT2D eigenvalue weighted by molar-refractivity contribution is 5.44. The molecule has 0 amide bonds. The summed E-state index contributed by atoms with van der Waals surface area (Å²) in [6.07, 6.45) is 0.628. The number of phenolic OH excluding ortho intramolecular Hbond substituents is 2. The van der Waals surface area contributed by atoms with Gasteiger partial charge in [-0.15, -0.1) is 0 Å². The van der Waals surface area contributed by atoms with Crippen molar-refractivity contribution in [1.29, 1.82) is 0 Å². The van der Waals surface area contributed by atoms with E-state index in [0.29, 0.717) is 12.0 Å². The fraction of sp³-hybridized carbons (Fsp3) is 0.200. The van der Waals surface area contributed by atoms with Crippen molar-refractivity contribution >= 4 is 0 Å². The van der Waals surface area contributed by atoms with Crippen LogP contribution in [0.25, 0.3) is 0 Å². The third kappa shape index (κ3) is 2.59. The molecule has 0 aliphatic rings. The molecule has 0 radical (unpaired) electrons. The molecule has 0 spiro atoms. The van der Waals surface area contributed by atoms with Crippen LogP contribution in [0.5, 0.6) is 11.5 Å². The first-order chi connectivity index (χ1) is 8.18. The first-order valence-electron chi connectivity index (χ1n) is 5.73. The average molecular weight is 228 g/mol. The molecule has 1 atom stereocenters. The van der Waals surface area contributed by atoms with Crippen LogP contribution >= 0.6 is 0 Å². The maximum Gasteiger partial charge on any atom is 0.122 e. The standard InChI is InChI=1S/C15H16O2/c1-11(12-6-3-2-4-7-12)10-13-14(16)8-5-9-15(13)17/h2-9,11,16-17H,10H2,1H3. The van der Waals surface area contributed by atoms with E-state index in [4.69, 9.17) is 0 Å². The van der Waals surface area contributed by atoms with Crippen LogP contribution in [0.15, 0.2) is 48.5 Å². The van der Waals surface area contributed by atoms with Gasteiger partial charge in [-0.3, -0.25) is 0 Å². The molecule has 2 N–H and O–H groups in total. The minimum atomic E-state index is 0.160. The quantitative estimate of drug-likeness (QED) is 0.844. The van der Waals surface area contributed by atoms with Crippen LogP contribution in [0.4, 0.5) is 0 Å². The predicted molar refractivity (Wildman–Crippen MR) is 68.3 cm³/mol. The minimum absolute atomic E-state index is 0.160. The Labute approximate surface area is 101 Å². The molecule has 2 nitrogen and oxygen atoms in total. The van der Waals surface area contributed by atoms with Crippen molar-refractivity contribution in [2.45, 2.75) is 19.3 Å². The Balaban J connectivity index is 2.22. The lowest BCUT2D eigenvalue weighted by atomic mass is 9.93. The molecular formula is C15H16O2. The maximum atomic E-state index is 9.73. The van der Waals surface area contributed by atoms with Crippen molar-refractivity contribution in [2.75, 3.05) is 0 Å². The van der Waals surface area contributed by atoms with Crippen molar-refractivity contribution < 1.29 is 10.2 Å². The molecular weight excluding hydrogens is 212 g/mol. The Morgan fingerprint density at radius 2 is 1.47 bits per heavy atom. The molecule has 0 saturated carbocycles. The first kappa shape index (κ1) is 11.5. The molecule has 0 aromatic heterocycles. The van der Waals surface area contributed by atoms with E-state index in [2.05, 4.69) is 19.1 Å². The topological polar surface area (TPSA) is 40.5 Å². The maximum absolute atomic E-state index is 9.73. The number of phenols is 2. The summed E-state index contributed by atoms with van der Waals surface area (Å²) < 4.78 is 0. The Hall–Kier alpha value is -1.96. The van der Waals surface area contributed by atoms with Crippen molar-refractivity contribution in [3.63, 3.8) is 0 Å². The molecule has 0 bridgehead atoms. The molecule has 17 heavy (non-hydrogen) atoms. The molecule has 2 rings (SSSR count). The Morgan fingerprint density at radius 3 is 2.06 bits per heavy atom. The largest absolute Gasteiger partial charge is 0.508 e. The van der Waals surface area contributed by atoms with E-state index in [1.54, 1.807) is 18.2 Å². The second-order valence-electron chi connectivity index (χ2n) is 4.29. The van der Waals surface area contributed by atoms with Gasteiger partial charge in [0.25, 0.3) is 0 Å². The average Bonchev–Trinajstić information content (AvgIpc) is 2.35. The number of hydrogen-bond donors (Lipinski definition) is 2. The lowest BCUT2D eigenvalue weighted by molar-refractivity contribution is 0.435. The number of aromatic hydroxyl groups is 2. The molecule has 0 aliphatic heterocycles. The molecule has 0 aliphatic carbocycles. The van der Waals surface area contributed by atoms with Gasteiger partial charge in [-0.25, -0.2) is 0 Å². The van der Waals surface area contributed by atoms with E-state index < -0.39 is 0 Å². The predicted octanol–water partition coefficient (Wildman–Crippen LogP) is 3.44. The Kier molecular flexibility index (Phi) is 3.33. The minimum Gasteiger partial charge on any atom is -0.508 e. The third-order valence-corrected chi connectivity index (χ3v) is 3.01. The van der Waals surface area contributed by atoms with E-state index in [1.165, 1.54) is 5.56 Å². The van der Waals surface area contributed by atoms with Crippen LogP contribution in [0.3, 0.4) is 0 Å². The molecule has 1 unspecified atom stereocenters. The molecule has 0 heterocycles. The number of benzene rings is 2. The normalized spacial score (nSPS) is 12.3. The molecule has 88 valence electrons. The highest BCUT2D eigenvalue weighted by Crippen LogP contribution is 2.31. The van der Waals surface area contributed by atoms with Gasteiger partial charge in [-0.1, -0.05) is 43.3 Å². The van der Waals surface area contributed by atoms with E-state index in [-0.39, 0.29) is 17.4 Å². The lowest BCUT2D eigenvalue weighted by Crippen LogP contribution is -1.98. The summed E-state index contributed by atoms with van der Waals surface area (Å²) in [5.41, 5.74) is 1.82. The fourth-order valence-corrected chi connectivity index (χ4v) is 1.98. The first-order valence-corrected chi connectivity index (χ1v) is 5.73. The highest BCUT2D eigenvalue weighted by atomic mass is 16.3. The molecule has 2 aromatic carbocycles. The molecule has 2 heteroatoms. The smallest absolute Gasteiger partial charge is 0.122 e. The van der Waals surface area contributed by atoms with E-state index in [1.807, 2.05) is 18.2 Å². The van der Waals surface area contributed by atoms with Gasteiger partial charge in [0.15, 0.2) is 0 Å². The van der Waals surface area contributed by atoms with Crippen LogP contribution in [0.1, 0.15) is 24.0 Å². The summed E-state index contributed by atoms with van der Waals surface area (Å²) in [5, 5.41) is 19.5. The van der Waals surface area contributed by atoms with E-state index >= 15 is 0 Å². The summed E-state index contributed by atoms with van der Waals surface area (Å²) in [4.78, 5) is 0. The van der Waals surface area contributed by atoms with Gasteiger partial charge in [0.2, 0.25) is 0 Å². The van der Waals surface area contributed by atoms with Gasteiger partial charge in [0, 0.05) is 5.56 Å². The Bertz CT molecular complexity index is 471. The van der Waals surface area contributed by atoms with Crippen molar-refractivity contribution in [3.8, 4) is 11.5 Å². The number of rotatable bonds is 3. The van der Waals surface area contributed by atoms with Gasteiger partial charge >= 0.3 is 0 Å². The zero-order valence-corrected chi connectivity index (χ0v) is 9.80. The second-order valence-corrected chi connectivity index (χ2v) is 4.29. The fourth-order valence-electron chi connectivity index (χ4n) is 1.98. The van der Waals surface area contributed by atoms with Gasteiger partial charge < -0.3 is 10.2 Å². The van der Waals surface area contributed by atoms with Crippen molar-refractivity contribution in [1.82, 2.24) is 0 Å². The van der Waals surface area contributed by atoms with E-state index in [0.717, 1.165) is 0 Å². The van der Waals surface area contributed by atoms with Crippen LogP contribution in [-0.2, 0) is 6.42 Å². The SMILES string of the molecule is CC(Cc1c(O)cccc1O)c1ccccc1. The zero-order valence-electron chi connectivity index (χ0n) is 9.80. The van der Waals surface area contributed by atoms with Gasteiger partial charge in [0.05, 0.1) is 0 Å². The van der Waals surface area contributed by atoms with Crippen LogP contribution in [0.2, 0.25) is 0 Å². The highest BCUT2D eigenvalue weighted by Gasteiger charge is 2.12. The second kappa shape index (κ2) is 4.91. The molecule has 2 aromatic rings. The summed E-state index contributed by atoms with van der Waals surface area (Å²) in [6.45, 7) is 2.08. The van der Waals surface area contributed by atoms with Crippen LogP contribution in [0, 0.1) is 0 Å². The lowest BCUT2D eigenvalue weighted by Gasteiger charge is -2.14. The molecule has 0 saturated heterocycles. The third-order valence-electron chi connectivity index (χ3n) is 3.01. The van der Waals surface area contributed by atoms with Gasteiger partial charge in [-0.05, 0) is 30.0 Å². The Morgan fingerprint density at radius 1 is 0.882 bits per heavy atom. The monoisotopic (exact) mass is 228 g/mol. The van der Waals surface area contributed by atoms with Crippen molar-refractivity contribution in [3.05, 3.63) is 59.7 Å². The van der Waals surface area contributed by atoms with Crippen LogP contribution in [-0.4, -0.2) is 10.2 Å².